The number of anilines is 1. The van der Waals surface area contributed by atoms with Gasteiger partial charge in [0.05, 0.1) is 0 Å². The summed E-state index contributed by atoms with van der Waals surface area (Å²) in [4.78, 5) is 13.5. The first kappa shape index (κ1) is 14.2. The van der Waals surface area contributed by atoms with Crippen LogP contribution in [-0.2, 0) is 6.54 Å². The third-order valence-corrected chi connectivity index (χ3v) is 4.87. The van der Waals surface area contributed by atoms with Crippen molar-refractivity contribution in [3.8, 4) is 0 Å². The number of hydrogen-bond donors (Lipinski definition) is 2. The van der Waals surface area contributed by atoms with Gasteiger partial charge >= 0.3 is 0 Å². The minimum absolute atomic E-state index is 0.432. The second-order valence-corrected chi connectivity index (χ2v) is 6.32. The lowest BCUT2D eigenvalue weighted by Crippen LogP contribution is -2.37. The maximum atomic E-state index is 11.1. The van der Waals surface area contributed by atoms with E-state index in [0.717, 1.165) is 30.4 Å². The van der Waals surface area contributed by atoms with Crippen LogP contribution < -0.4 is 11.5 Å². The molecule has 1 heterocycles. The fourth-order valence-corrected chi connectivity index (χ4v) is 3.55. The van der Waals surface area contributed by atoms with Crippen molar-refractivity contribution in [3.63, 3.8) is 0 Å². The van der Waals surface area contributed by atoms with Gasteiger partial charge in [-0.1, -0.05) is 13.0 Å². The Morgan fingerprint density at radius 1 is 1.53 bits per heavy atom. The topological polar surface area (TPSA) is 72.3 Å². The molecule has 4 nitrogen and oxygen atoms in total. The van der Waals surface area contributed by atoms with Crippen LogP contribution in [0.25, 0.3) is 0 Å². The Labute approximate surface area is 118 Å². The largest absolute Gasteiger partial charge is 0.398 e. The van der Waals surface area contributed by atoms with Gasteiger partial charge in [-0.15, -0.1) is 0 Å². The molecule has 2 rings (SSSR count). The number of hydrogen-bond acceptors (Lipinski definition) is 4. The third-order valence-electron chi connectivity index (χ3n) is 3.50. The number of carbonyl (C=O) groups is 1. The summed E-state index contributed by atoms with van der Waals surface area (Å²) < 4.78 is 0. The molecule has 104 valence electrons. The number of primary amides is 1. The van der Waals surface area contributed by atoms with Crippen molar-refractivity contribution >= 4 is 23.4 Å². The molecule has 0 aliphatic carbocycles. The van der Waals surface area contributed by atoms with Gasteiger partial charge in [0.1, 0.15) is 0 Å². The second-order valence-electron chi connectivity index (χ2n) is 4.91. The van der Waals surface area contributed by atoms with Gasteiger partial charge in [-0.2, -0.15) is 11.8 Å². The molecule has 5 heteroatoms. The molecule has 0 saturated carbocycles. The van der Waals surface area contributed by atoms with Crippen molar-refractivity contribution in [1.82, 2.24) is 4.90 Å². The van der Waals surface area contributed by atoms with Gasteiger partial charge in [0.15, 0.2) is 0 Å². The van der Waals surface area contributed by atoms with Crippen LogP contribution in [0.5, 0.6) is 0 Å². The average molecular weight is 279 g/mol. The van der Waals surface area contributed by atoms with Crippen molar-refractivity contribution in [2.24, 2.45) is 5.73 Å². The molecule has 1 aliphatic heterocycles. The molecule has 1 aromatic rings. The highest BCUT2D eigenvalue weighted by Gasteiger charge is 2.19. The Balaban J connectivity index is 2.04. The van der Waals surface area contributed by atoms with Crippen LogP contribution >= 0.6 is 11.8 Å². The van der Waals surface area contributed by atoms with Crippen molar-refractivity contribution in [1.29, 1.82) is 0 Å². The average Bonchev–Trinajstić information content (AvgIpc) is 2.41. The monoisotopic (exact) mass is 279 g/mol. The van der Waals surface area contributed by atoms with E-state index in [1.165, 1.54) is 12.2 Å². The fraction of sp³-hybridized carbons (Fsp3) is 0.500. The molecule has 1 atom stereocenters. The molecule has 19 heavy (non-hydrogen) atoms. The van der Waals surface area contributed by atoms with Gasteiger partial charge in [0.25, 0.3) is 0 Å². The van der Waals surface area contributed by atoms with Crippen LogP contribution in [0.1, 0.15) is 29.3 Å². The lowest BCUT2D eigenvalue weighted by molar-refractivity contribution is 0.100. The minimum atomic E-state index is -0.432. The van der Waals surface area contributed by atoms with Crippen LogP contribution in [0.15, 0.2) is 18.2 Å². The molecule has 1 saturated heterocycles. The molecule has 1 amide bonds. The quantitative estimate of drug-likeness (QED) is 0.823. The normalized spacial score (nSPS) is 20.4. The summed E-state index contributed by atoms with van der Waals surface area (Å²) in [5.74, 6) is 0.747. The number of rotatable bonds is 4. The zero-order valence-electron chi connectivity index (χ0n) is 11.3. The Morgan fingerprint density at radius 3 is 2.95 bits per heavy atom. The van der Waals surface area contributed by atoms with E-state index >= 15 is 0 Å². The van der Waals surface area contributed by atoms with Gasteiger partial charge in [-0.05, 0) is 24.1 Å². The maximum absolute atomic E-state index is 11.1. The highest BCUT2D eigenvalue weighted by Crippen LogP contribution is 2.24. The maximum Gasteiger partial charge on any atom is 0.248 e. The highest BCUT2D eigenvalue weighted by atomic mass is 32.2. The van der Waals surface area contributed by atoms with Crippen LogP contribution in [0, 0.1) is 0 Å². The molecule has 1 unspecified atom stereocenters. The van der Waals surface area contributed by atoms with Crippen molar-refractivity contribution in [2.45, 2.75) is 25.1 Å². The molecule has 1 aliphatic rings. The fourth-order valence-electron chi connectivity index (χ4n) is 2.30. The minimum Gasteiger partial charge on any atom is -0.398 e. The first-order valence-electron chi connectivity index (χ1n) is 6.62. The third kappa shape index (κ3) is 3.64. The van der Waals surface area contributed by atoms with E-state index < -0.39 is 5.91 Å². The highest BCUT2D eigenvalue weighted by molar-refractivity contribution is 8.00. The van der Waals surface area contributed by atoms with Gasteiger partial charge in [0, 0.05) is 41.9 Å². The SMILES string of the molecule is CCC1CN(Cc2ccc(C(N)=O)cc2N)CCS1. The lowest BCUT2D eigenvalue weighted by atomic mass is 10.1. The zero-order chi connectivity index (χ0) is 13.8. The molecular formula is C14H21N3OS. The van der Waals surface area contributed by atoms with Crippen molar-refractivity contribution < 1.29 is 4.79 Å². The van der Waals surface area contributed by atoms with E-state index in [1.54, 1.807) is 12.1 Å². The van der Waals surface area contributed by atoms with Crippen molar-refractivity contribution in [2.75, 3.05) is 24.6 Å². The van der Waals surface area contributed by atoms with E-state index in [0.29, 0.717) is 11.3 Å². The van der Waals surface area contributed by atoms with E-state index in [-0.39, 0.29) is 0 Å². The Hall–Kier alpha value is -1.20. The molecule has 0 bridgehead atoms. The first-order valence-corrected chi connectivity index (χ1v) is 7.67. The van der Waals surface area contributed by atoms with Crippen LogP contribution in [0.4, 0.5) is 5.69 Å². The summed E-state index contributed by atoms with van der Waals surface area (Å²) in [6, 6.07) is 5.34. The van der Waals surface area contributed by atoms with Gasteiger partial charge < -0.3 is 11.5 Å². The van der Waals surface area contributed by atoms with Crippen LogP contribution in [0.3, 0.4) is 0 Å². The summed E-state index contributed by atoms with van der Waals surface area (Å²) >= 11 is 2.05. The smallest absolute Gasteiger partial charge is 0.248 e. The summed E-state index contributed by atoms with van der Waals surface area (Å²) in [5, 5.41) is 0.722. The lowest BCUT2D eigenvalue weighted by Gasteiger charge is -2.32. The number of amides is 1. The number of nitrogens with zero attached hydrogens (tertiary/aromatic N) is 1. The Kier molecular flexibility index (Phi) is 4.71. The number of nitrogens with two attached hydrogens (primary N) is 2. The predicted octanol–water partition coefficient (Wildman–Crippen LogP) is 1.70. The Bertz CT molecular complexity index is 464. The molecule has 1 aromatic carbocycles. The van der Waals surface area contributed by atoms with E-state index in [2.05, 4.69) is 23.6 Å². The van der Waals surface area contributed by atoms with Crippen molar-refractivity contribution in [3.05, 3.63) is 29.3 Å². The summed E-state index contributed by atoms with van der Waals surface area (Å²) in [7, 11) is 0. The van der Waals surface area contributed by atoms with E-state index in [9.17, 15) is 4.79 Å². The molecule has 0 radical (unpaired) electrons. The van der Waals surface area contributed by atoms with E-state index in [1.807, 2.05) is 6.07 Å². The van der Waals surface area contributed by atoms with Gasteiger partial charge in [-0.25, -0.2) is 0 Å². The molecule has 1 fully saturated rings. The van der Waals surface area contributed by atoms with Gasteiger partial charge in [-0.3, -0.25) is 9.69 Å². The predicted molar refractivity (Wildman–Crippen MR) is 81.2 cm³/mol. The Morgan fingerprint density at radius 2 is 2.32 bits per heavy atom. The number of carbonyl (C=O) groups excluding carboxylic acids is 1. The molecule has 0 aromatic heterocycles. The van der Waals surface area contributed by atoms with Gasteiger partial charge in [0.2, 0.25) is 5.91 Å². The molecular weight excluding hydrogens is 258 g/mol. The number of nitrogen functional groups attached to an aromatic ring is 1. The zero-order valence-corrected chi connectivity index (χ0v) is 12.1. The summed E-state index contributed by atoms with van der Waals surface area (Å²) in [6.07, 6.45) is 1.21. The molecule has 0 spiro atoms. The van der Waals surface area contributed by atoms with Crippen LogP contribution in [-0.4, -0.2) is 34.9 Å². The van der Waals surface area contributed by atoms with Crippen LogP contribution in [0.2, 0.25) is 0 Å². The number of benzene rings is 1. The second kappa shape index (κ2) is 6.30. The number of thioether (sulfide) groups is 1. The molecule has 4 N–H and O–H groups in total. The van der Waals surface area contributed by atoms with E-state index in [4.69, 9.17) is 11.5 Å². The first-order chi connectivity index (χ1) is 9.10. The summed E-state index contributed by atoms with van der Waals surface area (Å²) in [5.41, 5.74) is 13.5. The summed E-state index contributed by atoms with van der Waals surface area (Å²) in [6.45, 7) is 5.29. The standard InChI is InChI=1S/C14H21N3OS/c1-2-12-9-17(5-6-19-12)8-11-4-3-10(14(16)18)7-13(11)15/h3-4,7,12H,2,5-6,8-9,15H2,1H3,(H2,16,18).